The summed E-state index contributed by atoms with van der Waals surface area (Å²) in [6.45, 7) is 4.04. The lowest BCUT2D eigenvalue weighted by Crippen LogP contribution is -2.42. The topological polar surface area (TPSA) is 37.4 Å². The fourth-order valence-electron chi connectivity index (χ4n) is 5.39. The largest absolute Gasteiger partial charge is 0.294 e. The molecule has 1 aliphatic heterocycles. The van der Waals surface area contributed by atoms with Gasteiger partial charge in [0.2, 0.25) is 5.91 Å². The number of halogens is 2. The van der Waals surface area contributed by atoms with Gasteiger partial charge in [-0.15, -0.1) is 0 Å². The molecule has 3 aromatic carbocycles. The molecule has 0 fully saturated rings. The Morgan fingerprint density at radius 3 is 2.35 bits per heavy atom. The van der Waals surface area contributed by atoms with E-state index in [1.807, 2.05) is 56.3 Å². The maximum atomic E-state index is 13.7. The molecule has 0 bridgehead atoms. The Balaban J connectivity index is 1.70. The standard InChI is InChI=1S/C29H25Cl2NO2/c1-17-11-12-24(18(2)13-17)32-25-14-20(19-7-4-3-5-8-19)15-26(33)28(25)22(16-27(32)34)21-9-6-10-23(30)29(21)31/h3-13,20,22H,14-16H2,1-2H3. The van der Waals surface area contributed by atoms with Crippen molar-refractivity contribution in [3.63, 3.8) is 0 Å². The minimum atomic E-state index is -0.403. The SMILES string of the molecule is Cc1ccc(N2C(=O)CC(c3cccc(Cl)c3Cl)C3=C2CC(c2ccccc2)CC3=O)c(C)c1. The van der Waals surface area contributed by atoms with Crippen LogP contribution in [0.3, 0.4) is 0 Å². The van der Waals surface area contributed by atoms with Crippen LogP contribution in [0.1, 0.15) is 53.4 Å². The summed E-state index contributed by atoms with van der Waals surface area (Å²) in [6, 6.07) is 21.6. The van der Waals surface area contributed by atoms with Gasteiger partial charge in [-0.05, 0) is 55.0 Å². The van der Waals surface area contributed by atoms with Crippen molar-refractivity contribution in [2.24, 2.45) is 0 Å². The highest BCUT2D eigenvalue weighted by Crippen LogP contribution is 2.49. The predicted molar refractivity (Wildman–Crippen MR) is 138 cm³/mol. The Morgan fingerprint density at radius 2 is 1.62 bits per heavy atom. The molecule has 0 spiro atoms. The molecule has 1 amide bonds. The number of allylic oxidation sites excluding steroid dienone is 2. The number of amides is 1. The van der Waals surface area contributed by atoms with Crippen molar-refractivity contribution in [1.82, 2.24) is 0 Å². The Morgan fingerprint density at radius 1 is 0.853 bits per heavy atom. The maximum Gasteiger partial charge on any atom is 0.232 e. The van der Waals surface area contributed by atoms with Crippen LogP contribution >= 0.6 is 23.2 Å². The van der Waals surface area contributed by atoms with Gasteiger partial charge in [-0.3, -0.25) is 14.5 Å². The summed E-state index contributed by atoms with van der Waals surface area (Å²) >= 11 is 12.9. The summed E-state index contributed by atoms with van der Waals surface area (Å²) in [4.78, 5) is 29.2. The quantitative estimate of drug-likeness (QED) is 0.381. The molecule has 0 aromatic heterocycles. The molecule has 0 saturated carbocycles. The number of rotatable bonds is 3. The molecule has 3 nitrogen and oxygen atoms in total. The van der Waals surface area contributed by atoms with E-state index in [9.17, 15) is 9.59 Å². The molecule has 2 aliphatic rings. The number of benzene rings is 3. The summed E-state index contributed by atoms with van der Waals surface area (Å²) in [5.41, 5.74) is 6.30. The highest BCUT2D eigenvalue weighted by molar-refractivity contribution is 6.42. The second-order valence-electron chi connectivity index (χ2n) is 9.22. The third-order valence-corrected chi connectivity index (χ3v) is 7.78. The molecule has 0 N–H and O–H groups in total. The molecular weight excluding hydrogens is 465 g/mol. The van der Waals surface area contributed by atoms with Gasteiger partial charge in [0.15, 0.2) is 5.78 Å². The summed E-state index contributed by atoms with van der Waals surface area (Å²) in [7, 11) is 0. The fraction of sp³-hybridized carbons (Fsp3) is 0.241. The molecule has 5 heteroatoms. The minimum Gasteiger partial charge on any atom is -0.294 e. The van der Waals surface area contributed by atoms with E-state index in [1.54, 1.807) is 11.0 Å². The van der Waals surface area contributed by atoms with Crippen LogP contribution < -0.4 is 4.90 Å². The number of anilines is 1. The van der Waals surface area contributed by atoms with Crippen LogP contribution in [0, 0.1) is 13.8 Å². The number of hydrogen-bond acceptors (Lipinski definition) is 2. The van der Waals surface area contributed by atoms with Gasteiger partial charge in [-0.1, -0.05) is 83.4 Å². The molecule has 0 saturated heterocycles. The number of carbonyl (C=O) groups is 2. The highest BCUT2D eigenvalue weighted by Gasteiger charge is 2.43. The number of nitrogens with zero attached hydrogens (tertiary/aromatic N) is 1. The molecule has 2 atom stereocenters. The van der Waals surface area contributed by atoms with E-state index < -0.39 is 5.92 Å². The lowest BCUT2D eigenvalue weighted by molar-refractivity contribution is -0.120. The second kappa shape index (κ2) is 9.05. The summed E-state index contributed by atoms with van der Waals surface area (Å²) in [5.74, 6) is -0.353. The monoisotopic (exact) mass is 489 g/mol. The van der Waals surface area contributed by atoms with Crippen molar-refractivity contribution in [3.8, 4) is 0 Å². The van der Waals surface area contributed by atoms with E-state index in [2.05, 4.69) is 18.2 Å². The zero-order valence-electron chi connectivity index (χ0n) is 19.1. The van der Waals surface area contributed by atoms with Gasteiger partial charge in [-0.2, -0.15) is 0 Å². The van der Waals surface area contributed by atoms with Gasteiger partial charge in [0.25, 0.3) is 0 Å². The minimum absolute atomic E-state index is 0.0158. The Kier molecular flexibility index (Phi) is 6.09. The van der Waals surface area contributed by atoms with E-state index in [0.29, 0.717) is 28.5 Å². The zero-order chi connectivity index (χ0) is 24.0. The second-order valence-corrected chi connectivity index (χ2v) is 10.0. The molecule has 5 rings (SSSR count). The first kappa shape index (κ1) is 22.9. The van der Waals surface area contributed by atoms with Crippen LogP contribution in [0.25, 0.3) is 0 Å². The van der Waals surface area contributed by atoms with Crippen LogP contribution in [0.2, 0.25) is 10.0 Å². The average molecular weight is 490 g/mol. The Bertz CT molecular complexity index is 1330. The Hall–Kier alpha value is -2.88. The maximum absolute atomic E-state index is 13.7. The first-order valence-corrected chi connectivity index (χ1v) is 12.3. The lowest BCUT2D eigenvalue weighted by atomic mass is 9.72. The molecule has 34 heavy (non-hydrogen) atoms. The van der Waals surface area contributed by atoms with E-state index in [-0.39, 0.29) is 24.0 Å². The number of Topliss-reactive ketones (excluding diaryl/α,β-unsaturated/α-hetero) is 1. The summed E-state index contributed by atoms with van der Waals surface area (Å²) in [6.07, 6.45) is 1.19. The third-order valence-electron chi connectivity index (χ3n) is 6.95. The van der Waals surface area contributed by atoms with Crippen LogP contribution in [0.4, 0.5) is 5.69 Å². The third kappa shape index (κ3) is 3.97. The molecular formula is C29H25Cl2NO2. The van der Waals surface area contributed by atoms with E-state index >= 15 is 0 Å². The van der Waals surface area contributed by atoms with Crippen LogP contribution in [0.5, 0.6) is 0 Å². The van der Waals surface area contributed by atoms with Gasteiger partial charge in [0.05, 0.1) is 15.7 Å². The van der Waals surface area contributed by atoms with E-state index in [1.165, 1.54) is 0 Å². The number of hydrogen-bond donors (Lipinski definition) is 0. The molecule has 1 aliphatic carbocycles. The molecule has 1 heterocycles. The first-order chi connectivity index (χ1) is 16.3. The molecule has 3 aromatic rings. The average Bonchev–Trinajstić information content (AvgIpc) is 2.81. The van der Waals surface area contributed by atoms with Crippen molar-refractivity contribution < 1.29 is 9.59 Å². The van der Waals surface area contributed by atoms with Crippen molar-refractivity contribution in [1.29, 1.82) is 0 Å². The number of ketones is 1. The van der Waals surface area contributed by atoms with E-state index in [4.69, 9.17) is 23.2 Å². The van der Waals surface area contributed by atoms with Gasteiger partial charge < -0.3 is 0 Å². The Labute approximate surface area is 210 Å². The summed E-state index contributed by atoms with van der Waals surface area (Å²) in [5, 5.41) is 0.836. The van der Waals surface area contributed by atoms with Crippen molar-refractivity contribution >= 4 is 40.6 Å². The summed E-state index contributed by atoms with van der Waals surface area (Å²) < 4.78 is 0. The first-order valence-electron chi connectivity index (χ1n) is 11.5. The smallest absolute Gasteiger partial charge is 0.232 e. The van der Waals surface area contributed by atoms with Crippen molar-refractivity contribution in [2.75, 3.05) is 4.90 Å². The molecule has 2 unspecified atom stereocenters. The van der Waals surface area contributed by atoms with Crippen LogP contribution in [-0.4, -0.2) is 11.7 Å². The van der Waals surface area contributed by atoms with E-state index in [0.717, 1.165) is 33.6 Å². The zero-order valence-corrected chi connectivity index (χ0v) is 20.7. The number of aryl methyl sites for hydroxylation is 2. The van der Waals surface area contributed by atoms with Gasteiger partial charge in [0, 0.05) is 30.0 Å². The van der Waals surface area contributed by atoms with Crippen molar-refractivity contribution in [3.05, 3.63) is 110 Å². The van der Waals surface area contributed by atoms with Gasteiger partial charge >= 0.3 is 0 Å². The molecule has 172 valence electrons. The van der Waals surface area contributed by atoms with Gasteiger partial charge in [0.1, 0.15) is 0 Å². The highest BCUT2D eigenvalue weighted by atomic mass is 35.5. The fourth-order valence-corrected chi connectivity index (χ4v) is 5.83. The van der Waals surface area contributed by atoms with Crippen LogP contribution in [0.15, 0.2) is 78.0 Å². The normalized spacial score (nSPS) is 20.5. The van der Waals surface area contributed by atoms with Gasteiger partial charge in [-0.25, -0.2) is 0 Å². The number of carbonyl (C=O) groups excluding carboxylic acids is 2. The predicted octanol–water partition coefficient (Wildman–Crippen LogP) is 7.53. The molecule has 0 radical (unpaired) electrons. The lowest BCUT2D eigenvalue weighted by Gasteiger charge is -2.41. The van der Waals surface area contributed by atoms with Crippen molar-refractivity contribution in [2.45, 2.75) is 44.9 Å². The van der Waals surface area contributed by atoms with Crippen LogP contribution in [-0.2, 0) is 9.59 Å².